The van der Waals surface area contributed by atoms with Crippen molar-refractivity contribution >= 4 is 33.0 Å². The number of fused-ring (bicyclic) bond motifs is 1. The minimum absolute atomic E-state index is 0.192. The van der Waals surface area contributed by atoms with E-state index < -0.39 is 0 Å². The van der Waals surface area contributed by atoms with E-state index in [1.54, 1.807) is 24.3 Å². The van der Waals surface area contributed by atoms with E-state index in [9.17, 15) is 4.39 Å². The topological polar surface area (TPSA) is 0 Å². The maximum absolute atomic E-state index is 13.3. The number of benzene rings is 2. The van der Waals surface area contributed by atoms with E-state index in [1.165, 1.54) is 16.2 Å². The Kier molecular flexibility index (Phi) is 3.29. The first kappa shape index (κ1) is 12.6. The monoisotopic (exact) mass is 290 g/mol. The van der Waals surface area contributed by atoms with Crippen LogP contribution in [-0.4, -0.2) is 0 Å². The molecule has 19 heavy (non-hydrogen) atoms. The molecule has 3 rings (SSSR count). The molecule has 96 valence electrons. The molecule has 0 bridgehead atoms. The molecule has 1 unspecified atom stereocenters. The van der Waals surface area contributed by atoms with Crippen LogP contribution in [0.15, 0.2) is 47.8 Å². The lowest BCUT2D eigenvalue weighted by molar-refractivity contribution is 0.617. The van der Waals surface area contributed by atoms with Gasteiger partial charge in [0.1, 0.15) is 5.82 Å². The number of halogens is 2. The molecule has 1 heterocycles. The number of thiophene rings is 1. The number of alkyl halides is 1. The van der Waals surface area contributed by atoms with Gasteiger partial charge in [0.05, 0.1) is 5.38 Å². The summed E-state index contributed by atoms with van der Waals surface area (Å²) in [5.74, 6) is -0.192. The van der Waals surface area contributed by atoms with Gasteiger partial charge in [0.2, 0.25) is 0 Å². The first-order chi connectivity index (χ1) is 9.16. The van der Waals surface area contributed by atoms with E-state index in [0.717, 1.165) is 11.1 Å². The van der Waals surface area contributed by atoms with Crippen molar-refractivity contribution in [2.45, 2.75) is 12.3 Å². The van der Waals surface area contributed by atoms with Crippen molar-refractivity contribution in [3.8, 4) is 0 Å². The largest absolute Gasteiger partial charge is 0.207 e. The Morgan fingerprint density at radius 1 is 1.16 bits per heavy atom. The van der Waals surface area contributed by atoms with Crippen LogP contribution in [0.1, 0.15) is 22.1 Å². The highest BCUT2D eigenvalue weighted by Gasteiger charge is 2.16. The molecule has 1 atom stereocenters. The van der Waals surface area contributed by atoms with Crippen LogP contribution in [0, 0.1) is 12.7 Å². The van der Waals surface area contributed by atoms with Crippen LogP contribution in [0.4, 0.5) is 4.39 Å². The summed E-state index contributed by atoms with van der Waals surface area (Å²) in [6.07, 6.45) is 0. The highest BCUT2D eigenvalue weighted by Crippen LogP contribution is 2.37. The third kappa shape index (κ3) is 2.26. The molecule has 3 heteroatoms. The molecular weight excluding hydrogens is 279 g/mol. The normalized spacial score (nSPS) is 12.8. The van der Waals surface area contributed by atoms with Crippen molar-refractivity contribution in [3.63, 3.8) is 0 Å². The van der Waals surface area contributed by atoms with Crippen LogP contribution in [0.25, 0.3) is 10.1 Å². The van der Waals surface area contributed by atoms with Crippen LogP contribution >= 0.6 is 22.9 Å². The zero-order valence-corrected chi connectivity index (χ0v) is 11.9. The van der Waals surface area contributed by atoms with Crippen LogP contribution < -0.4 is 0 Å². The minimum atomic E-state index is -0.240. The van der Waals surface area contributed by atoms with Gasteiger partial charge in [0, 0.05) is 4.70 Å². The Bertz CT molecular complexity index is 732. The lowest BCUT2D eigenvalue weighted by Gasteiger charge is -2.10. The van der Waals surface area contributed by atoms with Crippen molar-refractivity contribution in [3.05, 3.63) is 70.4 Å². The van der Waals surface area contributed by atoms with Gasteiger partial charge >= 0.3 is 0 Å². The second-order valence-electron chi connectivity index (χ2n) is 4.56. The SMILES string of the molecule is Cc1cc(C(Cl)c2csc3ccccc23)ccc1F. The van der Waals surface area contributed by atoms with E-state index in [1.807, 2.05) is 18.2 Å². The van der Waals surface area contributed by atoms with Gasteiger partial charge in [-0.2, -0.15) is 0 Å². The summed E-state index contributed by atoms with van der Waals surface area (Å²) in [7, 11) is 0. The van der Waals surface area contributed by atoms with Crippen LogP contribution in [0.5, 0.6) is 0 Å². The molecule has 0 nitrogen and oxygen atoms in total. The molecule has 0 radical (unpaired) electrons. The van der Waals surface area contributed by atoms with Gasteiger partial charge in [-0.25, -0.2) is 4.39 Å². The van der Waals surface area contributed by atoms with Crippen LogP contribution in [0.2, 0.25) is 0 Å². The summed E-state index contributed by atoms with van der Waals surface area (Å²) in [5, 5.41) is 3.02. The van der Waals surface area contributed by atoms with Crippen molar-refractivity contribution in [1.29, 1.82) is 0 Å². The van der Waals surface area contributed by atoms with Gasteiger partial charge in [-0.05, 0) is 46.5 Å². The lowest BCUT2D eigenvalue weighted by Crippen LogP contribution is -1.94. The quantitative estimate of drug-likeness (QED) is 0.533. The molecule has 3 aromatic rings. The predicted octanol–water partition coefficient (Wildman–Crippen LogP) is 5.68. The standard InChI is InChI=1S/C16H12ClFS/c1-10-8-11(6-7-14(10)18)16(17)13-9-19-15-5-3-2-4-12(13)15/h2-9,16H,1H3. The summed E-state index contributed by atoms with van der Waals surface area (Å²) in [4.78, 5) is 0. The highest BCUT2D eigenvalue weighted by atomic mass is 35.5. The second-order valence-corrected chi connectivity index (χ2v) is 5.91. The molecule has 0 saturated heterocycles. The fraction of sp³-hybridized carbons (Fsp3) is 0.125. The van der Waals surface area contributed by atoms with Crippen molar-refractivity contribution in [1.82, 2.24) is 0 Å². The van der Waals surface area contributed by atoms with Crippen molar-refractivity contribution < 1.29 is 4.39 Å². The zero-order valence-electron chi connectivity index (χ0n) is 10.4. The van der Waals surface area contributed by atoms with E-state index in [2.05, 4.69) is 17.5 Å². The van der Waals surface area contributed by atoms with E-state index >= 15 is 0 Å². The summed E-state index contributed by atoms with van der Waals surface area (Å²) in [5.41, 5.74) is 2.65. The fourth-order valence-electron chi connectivity index (χ4n) is 2.20. The van der Waals surface area contributed by atoms with Crippen molar-refractivity contribution in [2.75, 3.05) is 0 Å². The summed E-state index contributed by atoms with van der Waals surface area (Å²) < 4.78 is 14.5. The first-order valence-corrected chi connectivity index (χ1v) is 7.34. The van der Waals surface area contributed by atoms with Gasteiger partial charge in [-0.3, -0.25) is 0 Å². The Labute approximate surface area is 120 Å². The molecule has 0 aliphatic rings. The number of hydrogen-bond acceptors (Lipinski definition) is 1. The maximum Gasteiger partial charge on any atom is 0.126 e. The third-order valence-electron chi connectivity index (χ3n) is 3.26. The molecule has 1 aromatic heterocycles. The van der Waals surface area contributed by atoms with Gasteiger partial charge in [0.15, 0.2) is 0 Å². The molecule has 0 fully saturated rings. The van der Waals surface area contributed by atoms with Gasteiger partial charge in [-0.15, -0.1) is 22.9 Å². The molecule has 0 saturated carbocycles. The Balaban J connectivity index is 2.08. The van der Waals surface area contributed by atoms with Crippen LogP contribution in [-0.2, 0) is 0 Å². The summed E-state index contributed by atoms with van der Waals surface area (Å²) in [6.45, 7) is 1.76. The zero-order chi connectivity index (χ0) is 13.4. The van der Waals surface area contributed by atoms with Gasteiger partial charge < -0.3 is 0 Å². The van der Waals surface area contributed by atoms with Crippen molar-refractivity contribution in [2.24, 2.45) is 0 Å². The van der Waals surface area contributed by atoms with E-state index in [0.29, 0.717) is 5.56 Å². The summed E-state index contributed by atoms with van der Waals surface area (Å²) >= 11 is 8.25. The Morgan fingerprint density at radius 2 is 1.95 bits per heavy atom. The predicted molar refractivity (Wildman–Crippen MR) is 80.7 cm³/mol. The fourth-order valence-corrected chi connectivity index (χ4v) is 3.58. The molecule has 0 amide bonds. The van der Waals surface area contributed by atoms with Gasteiger partial charge in [0.25, 0.3) is 0 Å². The van der Waals surface area contributed by atoms with E-state index in [4.69, 9.17) is 11.6 Å². The Morgan fingerprint density at radius 3 is 2.74 bits per heavy atom. The maximum atomic E-state index is 13.3. The van der Waals surface area contributed by atoms with Crippen LogP contribution in [0.3, 0.4) is 0 Å². The Hall–Kier alpha value is -1.38. The number of aryl methyl sites for hydroxylation is 1. The van der Waals surface area contributed by atoms with E-state index in [-0.39, 0.29) is 11.2 Å². The number of rotatable bonds is 2. The smallest absolute Gasteiger partial charge is 0.126 e. The molecular formula is C16H12ClFS. The average molecular weight is 291 g/mol. The molecule has 0 spiro atoms. The third-order valence-corrected chi connectivity index (χ3v) is 4.73. The first-order valence-electron chi connectivity index (χ1n) is 6.03. The molecule has 0 aliphatic carbocycles. The minimum Gasteiger partial charge on any atom is -0.207 e. The highest BCUT2D eigenvalue weighted by molar-refractivity contribution is 7.17. The summed E-state index contributed by atoms with van der Waals surface area (Å²) in [6, 6.07) is 13.3. The molecule has 0 N–H and O–H groups in total. The molecule has 0 aliphatic heterocycles. The average Bonchev–Trinajstić information content (AvgIpc) is 2.85. The van der Waals surface area contributed by atoms with Gasteiger partial charge in [-0.1, -0.05) is 30.3 Å². The lowest BCUT2D eigenvalue weighted by atomic mass is 10.0. The second kappa shape index (κ2) is 4.95. The number of hydrogen-bond donors (Lipinski definition) is 0. The molecule has 2 aromatic carbocycles.